The van der Waals surface area contributed by atoms with E-state index in [1.54, 1.807) is 0 Å². The van der Waals surface area contributed by atoms with Crippen LogP contribution >= 0.6 is 35.1 Å². The summed E-state index contributed by atoms with van der Waals surface area (Å²) in [5.41, 5.74) is 5.12. The van der Waals surface area contributed by atoms with Crippen LogP contribution in [0.25, 0.3) is 0 Å². The van der Waals surface area contributed by atoms with Gasteiger partial charge in [0, 0.05) is 0 Å². The van der Waals surface area contributed by atoms with Gasteiger partial charge < -0.3 is 5.73 Å². The van der Waals surface area contributed by atoms with Crippen molar-refractivity contribution in [1.29, 1.82) is 10.7 Å². The van der Waals surface area contributed by atoms with Crippen LogP contribution in [0.1, 0.15) is 20.0 Å². The van der Waals surface area contributed by atoms with E-state index in [0.717, 1.165) is 10.0 Å². The number of halogens is 1. The molecule has 2 aromatic rings. The lowest BCUT2D eigenvalue weighted by Crippen LogP contribution is -2.10. The van der Waals surface area contributed by atoms with Gasteiger partial charge in [-0.25, -0.2) is 0 Å². The molecule has 0 aliphatic heterocycles. The van der Waals surface area contributed by atoms with Crippen LogP contribution in [0.15, 0.2) is 0 Å². The summed E-state index contributed by atoms with van der Waals surface area (Å²) in [6.07, 6.45) is 0. The van der Waals surface area contributed by atoms with Crippen molar-refractivity contribution in [1.82, 2.24) is 20.4 Å². The van der Waals surface area contributed by atoms with Crippen molar-refractivity contribution >= 4 is 40.9 Å². The van der Waals surface area contributed by atoms with Gasteiger partial charge in [0.15, 0.2) is 10.8 Å². The van der Waals surface area contributed by atoms with Crippen molar-refractivity contribution in [2.24, 2.45) is 5.73 Å². The van der Waals surface area contributed by atoms with Crippen LogP contribution in [0, 0.1) is 30.6 Å². The fraction of sp³-hybridized carbons (Fsp3) is 0.250. The number of aryl methyl sites for hydroxylation is 2. The van der Waals surface area contributed by atoms with Gasteiger partial charge in [-0.2, -0.15) is 5.26 Å². The Kier molecular flexibility index (Phi) is 6.96. The summed E-state index contributed by atoms with van der Waals surface area (Å²) in [4.78, 5) is 0. The molecule has 2 heterocycles. The van der Waals surface area contributed by atoms with Gasteiger partial charge >= 0.3 is 0 Å². The monoisotopic (exact) mass is 303 g/mol. The number of nitriles is 1. The molecule has 0 saturated carbocycles. The fourth-order valence-electron chi connectivity index (χ4n) is 0.747. The summed E-state index contributed by atoms with van der Waals surface area (Å²) in [5, 5.41) is 32.2. The van der Waals surface area contributed by atoms with Gasteiger partial charge in [0.2, 0.25) is 5.01 Å². The van der Waals surface area contributed by atoms with Gasteiger partial charge in [-0.15, -0.1) is 32.8 Å². The van der Waals surface area contributed by atoms with Crippen molar-refractivity contribution in [3.05, 3.63) is 20.0 Å². The van der Waals surface area contributed by atoms with E-state index in [1.807, 2.05) is 19.9 Å². The third kappa shape index (κ3) is 5.13. The quantitative estimate of drug-likeness (QED) is 0.603. The van der Waals surface area contributed by atoms with E-state index in [4.69, 9.17) is 16.4 Å². The summed E-state index contributed by atoms with van der Waals surface area (Å²) < 4.78 is 0. The van der Waals surface area contributed by atoms with E-state index in [2.05, 4.69) is 20.4 Å². The minimum Gasteiger partial charge on any atom is -0.382 e. The van der Waals surface area contributed by atoms with Crippen LogP contribution in [0.2, 0.25) is 0 Å². The summed E-state index contributed by atoms with van der Waals surface area (Å²) in [7, 11) is 0. The topological polar surface area (TPSA) is 125 Å². The highest BCUT2D eigenvalue weighted by Gasteiger charge is 2.00. The van der Waals surface area contributed by atoms with E-state index >= 15 is 0 Å². The summed E-state index contributed by atoms with van der Waals surface area (Å²) in [6, 6.07) is 1.89. The molecule has 0 saturated heterocycles. The lowest BCUT2D eigenvalue weighted by atomic mass is 10.7. The maximum atomic E-state index is 8.21. The first-order valence-corrected chi connectivity index (χ1v) is 6.01. The zero-order chi connectivity index (χ0) is 12.8. The summed E-state index contributed by atoms with van der Waals surface area (Å²) in [5.74, 6) is -0.0133. The molecule has 7 nitrogen and oxygen atoms in total. The second kappa shape index (κ2) is 7.65. The largest absolute Gasteiger partial charge is 0.382 e. The van der Waals surface area contributed by atoms with Crippen LogP contribution in [-0.4, -0.2) is 26.2 Å². The van der Waals surface area contributed by atoms with E-state index in [1.165, 1.54) is 22.7 Å². The number of hydrogen-bond acceptors (Lipinski definition) is 8. The predicted octanol–water partition coefficient (Wildman–Crippen LogP) is 1.27. The van der Waals surface area contributed by atoms with Crippen molar-refractivity contribution < 1.29 is 0 Å². The molecular formula is C8H10ClN7S2. The molecule has 3 N–H and O–H groups in total. The summed E-state index contributed by atoms with van der Waals surface area (Å²) >= 11 is 2.63. The molecule has 0 aliphatic rings. The van der Waals surface area contributed by atoms with E-state index < -0.39 is 0 Å². The lowest BCUT2D eigenvalue weighted by Gasteiger charge is -1.82. The van der Waals surface area contributed by atoms with Gasteiger partial charge in [0.1, 0.15) is 16.1 Å². The Balaban J connectivity index is 0.000000306. The number of aromatic nitrogens is 4. The van der Waals surface area contributed by atoms with Gasteiger partial charge in [-0.3, -0.25) is 5.41 Å². The highest BCUT2D eigenvalue weighted by Crippen LogP contribution is 2.05. The Bertz CT molecular complexity index is 556. The van der Waals surface area contributed by atoms with Crippen molar-refractivity contribution in [3.8, 4) is 6.07 Å². The van der Waals surface area contributed by atoms with Crippen LogP contribution < -0.4 is 5.73 Å². The van der Waals surface area contributed by atoms with Crippen molar-refractivity contribution in [2.75, 3.05) is 0 Å². The molecular weight excluding hydrogens is 294 g/mol. The SMILES string of the molecule is Cc1nnc(C#N)s1.Cc1nnc(C(=N)N)s1.Cl. The number of nitrogen functional groups attached to an aromatic ring is 1. The normalized spacial score (nSPS) is 8.50. The van der Waals surface area contributed by atoms with Gasteiger partial charge in [0.25, 0.3) is 0 Å². The van der Waals surface area contributed by atoms with E-state index in [0.29, 0.717) is 10.0 Å². The molecule has 0 spiro atoms. The van der Waals surface area contributed by atoms with Gasteiger partial charge in [-0.1, -0.05) is 22.7 Å². The Morgan fingerprint density at radius 2 is 1.72 bits per heavy atom. The minimum atomic E-state index is -0.0133. The first-order chi connectivity index (χ1) is 8.02. The molecule has 0 atom stereocenters. The number of amidine groups is 1. The standard InChI is InChI=1S/C4H6N4S.C4H3N3S.ClH/c1-2-7-8-4(9-2)3(5)6;1-3-6-7-4(2-5)8-3;/h1H3,(H3,5,6);1H3;1H. The van der Waals surface area contributed by atoms with Crippen molar-refractivity contribution in [3.63, 3.8) is 0 Å². The number of nitrogens with one attached hydrogen (secondary N) is 1. The van der Waals surface area contributed by atoms with E-state index in [9.17, 15) is 0 Å². The smallest absolute Gasteiger partial charge is 0.217 e. The average Bonchev–Trinajstić information content (AvgIpc) is 2.88. The maximum Gasteiger partial charge on any atom is 0.217 e. The number of nitrogens with two attached hydrogens (primary N) is 1. The third-order valence-electron chi connectivity index (χ3n) is 1.38. The van der Waals surface area contributed by atoms with Crippen LogP contribution in [-0.2, 0) is 0 Å². The molecule has 0 fully saturated rings. The second-order valence-electron chi connectivity index (χ2n) is 2.78. The van der Waals surface area contributed by atoms with Crippen LogP contribution in [0.3, 0.4) is 0 Å². The second-order valence-corrected chi connectivity index (χ2v) is 5.14. The summed E-state index contributed by atoms with van der Waals surface area (Å²) in [6.45, 7) is 3.64. The first kappa shape index (κ1) is 16.4. The number of nitrogens with zero attached hydrogens (tertiary/aromatic N) is 5. The Morgan fingerprint density at radius 1 is 1.17 bits per heavy atom. The zero-order valence-electron chi connectivity index (χ0n) is 9.54. The molecule has 0 aliphatic carbocycles. The average molecular weight is 304 g/mol. The molecule has 0 aromatic carbocycles. The minimum absolute atomic E-state index is 0. The predicted molar refractivity (Wildman–Crippen MR) is 72.3 cm³/mol. The Hall–Kier alpha value is -1.63. The molecule has 2 rings (SSSR count). The highest BCUT2D eigenvalue weighted by molar-refractivity contribution is 7.13. The van der Waals surface area contributed by atoms with Gasteiger partial charge in [0.05, 0.1) is 0 Å². The fourth-order valence-corrected chi connectivity index (χ4v) is 1.79. The van der Waals surface area contributed by atoms with Crippen molar-refractivity contribution in [2.45, 2.75) is 13.8 Å². The molecule has 96 valence electrons. The molecule has 0 radical (unpaired) electrons. The molecule has 0 bridgehead atoms. The molecule has 0 amide bonds. The van der Waals surface area contributed by atoms with Crippen LogP contribution in [0.4, 0.5) is 0 Å². The van der Waals surface area contributed by atoms with E-state index in [-0.39, 0.29) is 18.2 Å². The Morgan fingerprint density at radius 3 is 1.94 bits per heavy atom. The molecule has 18 heavy (non-hydrogen) atoms. The lowest BCUT2D eigenvalue weighted by molar-refractivity contribution is 1.04. The zero-order valence-corrected chi connectivity index (χ0v) is 12.0. The Labute approximate surface area is 118 Å². The third-order valence-corrected chi connectivity index (χ3v) is 2.99. The van der Waals surface area contributed by atoms with Crippen LogP contribution in [0.5, 0.6) is 0 Å². The molecule has 0 unspecified atom stereocenters. The number of hydrogen-bond donors (Lipinski definition) is 2. The molecule has 2 aromatic heterocycles. The first-order valence-electron chi connectivity index (χ1n) is 4.37. The maximum absolute atomic E-state index is 8.21. The number of rotatable bonds is 1. The van der Waals surface area contributed by atoms with Gasteiger partial charge in [-0.05, 0) is 13.8 Å². The molecule has 10 heteroatoms. The highest BCUT2D eigenvalue weighted by atomic mass is 35.5.